The molecule has 1 aromatic heterocycles. The maximum Gasteiger partial charge on any atom is 0.311 e. The van der Waals surface area contributed by atoms with Crippen molar-refractivity contribution in [3.63, 3.8) is 0 Å². The monoisotopic (exact) mass is 253 g/mol. The number of nitrogens with zero attached hydrogens (tertiary/aromatic N) is 3. The van der Waals surface area contributed by atoms with Gasteiger partial charge in [0.25, 0.3) is 0 Å². The molecule has 0 aliphatic carbocycles. The lowest BCUT2D eigenvalue weighted by atomic mass is 10.3. The molecule has 100 valence electrons. The number of rotatable bonds is 7. The van der Waals surface area contributed by atoms with E-state index in [-0.39, 0.29) is 5.69 Å². The zero-order chi connectivity index (χ0) is 13.5. The fourth-order valence-electron chi connectivity index (χ4n) is 1.66. The minimum absolute atomic E-state index is 0.00644. The van der Waals surface area contributed by atoms with Crippen LogP contribution in [0.15, 0.2) is 12.1 Å². The highest BCUT2D eigenvalue weighted by Crippen LogP contribution is 2.27. The molecule has 0 amide bonds. The van der Waals surface area contributed by atoms with Crippen LogP contribution in [0.25, 0.3) is 0 Å². The van der Waals surface area contributed by atoms with Crippen molar-refractivity contribution in [1.29, 1.82) is 0 Å². The molecule has 0 saturated heterocycles. The predicted octanol–water partition coefficient (Wildman–Crippen LogP) is 1.90. The Kier molecular flexibility index (Phi) is 5.31. The van der Waals surface area contributed by atoms with E-state index in [2.05, 4.69) is 17.3 Å². The van der Waals surface area contributed by atoms with Crippen LogP contribution in [-0.2, 0) is 0 Å². The minimum Gasteiger partial charge on any atom is -0.351 e. The average molecular weight is 253 g/mol. The van der Waals surface area contributed by atoms with Crippen LogP contribution in [0.5, 0.6) is 0 Å². The molecule has 0 saturated carbocycles. The lowest BCUT2D eigenvalue weighted by molar-refractivity contribution is -0.384. The van der Waals surface area contributed by atoms with E-state index in [4.69, 9.17) is 5.84 Å². The number of nitro groups is 1. The number of anilines is 2. The van der Waals surface area contributed by atoms with Crippen molar-refractivity contribution in [3.05, 3.63) is 22.2 Å². The molecular weight excluding hydrogens is 234 g/mol. The van der Waals surface area contributed by atoms with Crippen LogP contribution in [-0.4, -0.2) is 23.0 Å². The first-order chi connectivity index (χ1) is 8.63. The Labute approximate surface area is 106 Å². The summed E-state index contributed by atoms with van der Waals surface area (Å²) in [5, 5.41) is 11.0. The molecule has 0 radical (unpaired) electrons. The van der Waals surface area contributed by atoms with Gasteiger partial charge < -0.3 is 10.3 Å². The predicted molar refractivity (Wildman–Crippen MR) is 71.5 cm³/mol. The molecule has 1 aromatic rings. The van der Waals surface area contributed by atoms with Gasteiger partial charge in [0.05, 0.1) is 4.92 Å². The largest absolute Gasteiger partial charge is 0.351 e. The second-order valence-electron chi connectivity index (χ2n) is 3.87. The van der Waals surface area contributed by atoms with Crippen molar-refractivity contribution >= 4 is 17.3 Å². The van der Waals surface area contributed by atoms with Crippen molar-refractivity contribution in [2.75, 3.05) is 23.4 Å². The van der Waals surface area contributed by atoms with Crippen LogP contribution in [0.2, 0.25) is 0 Å². The summed E-state index contributed by atoms with van der Waals surface area (Å²) in [7, 11) is 0. The fraction of sp³-hybridized carbons (Fsp3) is 0.545. The Bertz CT molecular complexity index is 410. The third-order valence-electron chi connectivity index (χ3n) is 2.66. The molecule has 0 bridgehead atoms. The molecule has 0 atom stereocenters. The van der Waals surface area contributed by atoms with Gasteiger partial charge in [0.15, 0.2) is 0 Å². The van der Waals surface area contributed by atoms with Crippen LogP contribution < -0.4 is 16.2 Å². The van der Waals surface area contributed by atoms with E-state index < -0.39 is 4.92 Å². The van der Waals surface area contributed by atoms with Gasteiger partial charge in [-0.1, -0.05) is 13.3 Å². The summed E-state index contributed by atoms with van der Waals surface area (Å²) in [6.45, 7) is 5.44. The first-order valence-corrected chi connectivity index (χ1v) is 6.01. The third-order valence-corrected chi connectivity index (χ3v) is 2.66. The quantitative estimate of drug-likeness (QED) is 0.437. The number of unbranched alkanes of at least 4 members (excludes halogenated alkanes) is 1. The number of nitrogens with one attached hydrogen (secondary N) is 1. The van der Waals surface area contributed by atoms with Crippen LogP contribution in [0, 0.1) is 10.1 Å². The fourth-order valence-corrected chi connectivity index (χ4v) is 1.66. The number of hydrogen-bond donors (Lipinski definition) is 2. The highest BCUT2D eigenvalue weighted by atomic mass is 16.6. The minimum atomic E-state index is -0.419. The third kappa shape index (κ3) is 3.30. The van der Waals surface area contributed by atoms with Crippen molar-refractivity contribution in [1.82, 2.24) is 4.98 Å². The number of hydrogen-bond acceptors (Lipinski definition) is 6. The SMILES string of the molecule is CCCCN(CC)c1nc(NN)ccc1[N+](=O)[O-]. The summed E-state index contributed by atoms with van der Waals surface area (Å²) in [5.74, 6) is 6.07. The van der Waals surface area contributed by atoms with Crippen LogP contribution in [0.1, 0.15) is 26.7 Å². The Morgan fingerprint density at radius 3 is 2.72 bits per heavy atom. The Balaban J connectivity index is 3.11. The number of pyridine rings is 1. The van der Waals surface area contributed by atoms with E-state index in [1.165, 1.54) is 12.1 Å². The number of nitrogen functional groups attached to an aromatic ring is 1. The van der Waals surface area contributed by atoms with Gasteiger partial charge in [0.1, 0.15) is 5.82 Å². The van der Waals surface area contributed by atoms with Crippen LogP contribution >= 0.6 is 0 Å². The topological polar surface area (TPSA) is 97.3 Å². The lowest BCUT2D eigenvalue weighted by Gasteiger charge is -2.21. The van der Waals surface area contributed by atoms with Crippen molar-refractivity contribution in [2.24, 2.45) is 5.84 Å². The number of aromatic nitrogens is 1. The first kappa shape index (κ1) is 14.2. The summed E-state index contributed by atoms with van der Waals surface area (Å²) in [6, 6.07) is 2.92. The van der Waals surface area contributed by atoms with Gasteiger partial charge in [-0.15, -0.1) is 0 Å². The van der Waals surface area contributed by atoms with E-state index >= 15 is 0 Å². The summed E-state index contributed by atoms with van der Waals surface area (Å²) in [5.41, 5.74) is 2.41. The molecule has 0 aliphatic heterocycles. The molecule has 0 spiro atoms. The molecule has 1 rings (SSSR count). The van der Waals surface area contributed by atoms with Crippen molar-refractivity contribution in [2.45, 2.75) is 26.7 Å². The molecule has 0 fully saturated rings. The highest BCUT2D eigenvalue weighted by molar-refractivity contribution is 5.61. The molecular formula is C11H19N5O2. The molecule has 1 heterocycles. The zero-order valence-electron chi connectivity index (χ0n) is 10.7. The van der Waals surface area contributed by atoms with Crippen molar-refractivity contribution < 1.29 is 4.92 Å². The second kappa shape index (κ2) is 6.75. The van der Waals surface area contributed by atoms with E-state index in [1.807, 2.05) is 11.8 Å². The second-order valence-corrected chi connectivity index (χ2v) is 3.87. The summed E-state index contributed by atoms with van der Waals surface area (Å²) in [4.78, 5) is 16.7. The number of nitrogens with two attached hydrogens (primary N) is 1. The highest BCUT2D eigenvalue weighted by Gasteiger charge is 2.20. The molecule has 7 heteroatoms. The van der Waals surface area contributed by atoms with Gasteiger partial charge in [-0.2, -0.15) is 0 Å². The van der Waals surface area contributed by atoms with Gasteiger partial charge in [0.2, 0.25) is 5.82 Å². The zero-order valence-corrected chi connectivity index (χ0v) is 10.7. The van der Waals surface area contributed by atoms with E-state index in [0.29, 0.717) is 18.2 Å². The number of hydrazine groups is 1. The van der Waals surface area contributed by atoms with Gasteiger partial charge in [-0.25, -0.2) is 10.8 Å². The molecule has 0 unspecified atom stereocenters. The molecule has 0 aliphatic rings. The lowest BCUT2D eigenvalue weighted by Crippen LogP contribution is -2.26. The summed E-state index contributed by atoms with van der Waals surface area (Å²) >= 11 is 0. The van der Waals surface area contributed by atoms with Crippen LogP contribution in [0.4, 0.5) is 17.3 Å². The molecule has 7 nitrogen and oxygen atoms in total. The Hall–Kier alpha value is -1.89. The van der Waals surface area contributed by atoms with Gasteiger partial charge in [-0.05, 0) is 19.4 Å². The maximum absolute atomic E-state index is 11.0. The van der Waals surface area contributed by atoms with Gasteiger partial charge in [-0.3, -0.25) is 10.1 Å². The molecule has 3 N–H and O–H groups in total. The van der Waals surface area contributed by atoms with Crippen LogP contribution in [0.3, 0.4) is 0 Å². The van der Waals surface area contributed by atoms with Gasteiger partial charge in [0, 0.05) is 19.2 Å². The first-order valence-electron chi connectivity index (χ1n) is 6.01. The normalized spacial score (nSPS) is 10.2. The summed E-state index contributed by atoms with van der Waals surface area (Å²) in [6.07, 6.45) is 1.99. The summed E-state index contributed by atoms with van der Waals surface area (Å²) < 4.78 is 0. The van der Waals surface area contributed by atoms with Gasteiger partial charge >= 0.3 is 5.69 Å². The Morgan fingerprint density at radius 2 is 2.22 bits per heavy atom. The molecule has 0 aromatic carbocycles. The molecule has 18 heavy (non-hydrogen) atoms. The average Bonchev–Trinajstić information content (AvgIpc) is 2.39. The van der Waals surface area contributed by atoms with E-state index in [1.54, 1.807) is 0 Å². The van der Waals surface area contributed by atoms with Crippen molar-refractivity contribution in [3.8, 4) is 0 Å². The Morgan fingerprint density at radius 1 is 1.50 bits per heavy atom. The van der Waals surface area contributed by atoms with E-state index in [9.17, 15) is 10.1 Å². The standard InChI is InChI=1S/C11H19N5O2/c1-3-5-8-15(4-2)11-9(16(17)18)6-7-10(13-11)14-12/h6-7H,3-5,8,12H2,1-2H3,(H,13,14). The maximum atomic E-state index is 11.0. The van der Waals surface area contributed by atoms with E-state index in [0.717, 1.165) is 19.4 Å². The smallest absolute Gasteiger partial charge is 0.311 e.